The van der Waals surface area contributed by atoms with Crippen LogP contribution in [0.1, 0.15) is 50.2 Å². The van der Waals surface area contributed by atoms with Gasteiger partial charge in [-0.05, 0) is 30.4 Å². The van der Waals surface area contributed by atoms with E-state index in [2.05, 4.69) is 32.0 Å². The molecule has 2 heteroatoms. The minimum Gasteiger partial charge on any atom is -0.496 e. The lowest BCUT2D eigenvalue weighted by Gasteiger charge is -2.43. The molecular weight excluding hydrogens is 210 g/mol. The van der Waals surface area contributed by atoms with Crippen LogP contribution in [0.3, 0.4) is 0 Å². The molecule has 0 heterocycles. The lowest BCUT2D eigenvalue weighted by atomic mass is 9.62. The van der Waals surface area contributed by atoms with Crippen LogP contribution >= 0.6 is 0 Å². The molecule has 94 valence electrons. The van der Waals surface area contributed by atoms with E-state index in [1.54, 1.807) is 7.11 Å². The highest BCUT2D eigenvalue weighted by molar-refractivity contribution is 5.47. The lowest BCUT2D eigenvalue weighted by molar-refractivity contribution is 0.249. The standard InChI is InChI=1S/C15H23NO/c1-11(2)14-12(6-4-7-13(14)17-3)15(10-16)8-5-9-15/h4,6-7,11H,5,8-10,16H2,1-3H3. The Morgan fingerprint density at radius 3 is 2.47 bits per heavy atom. The average Bonchev–Trinajstić information content (AvgIpc) is 2.27. The van der Waals surface area contributed by atoms with Crippen molar-refractivity contribution in [2.75, 3.05) is 13.7 Å². The smallest absolute Gasteiger partial charge is 0.122 e. The number of nitrogens with two attached hydrogens (primary N) is 1. The minimum absolute atomic E-state index is 0.216. The van der Waals surface area contributed by atoms with Crippen molar-refractivity contribution in [3.05, 3.63) is 29.3 Å². The van der Waals surface area contributed by atoms with Crippen molar-refractivity contribution in [1.29, 1.82) is 0 Å². The zero-order valence-electron chi connectivity index (χ0n) is 11.1. The normalized spacial score (nSPS) is 17.9. The zero-order valence-corrected chi connectivity index (χ0v) is 11.1. The molecule has 0 aliphatic heterocycles. The Kier molecular flexibility index (Phi) is 3.43. The summed E-state index contributed by atoms with van der Waals surface area (Å²) in [7, 11) is 1.75. The Morgan fingerprint density at radius 1 is 1.35 bits per heavy atom. The number of methoxy groups -OCH3 is 1. The number of hydrogen-bond donors (Lipinski definition) is 1. The molecule has 2 nitrogen and oxygen atoms in total. The van der Waals surface area contributed by atoms with Crippen molar-refractivity contribution in [3.8, 4) is 5.75 Å². The summed E-state index contributed by atoms with van der Waals surface area (Å²) >= 11 is 0. The molecule has 0 unspecified atom stereocenters. The number of hydrogen-bond acceptors (Lipinski definition) is 2. The average molecular weight is 233 g/mol. The SMILES string of the molecule is COc1cccc(C2(CN)CCC2)c1C(C)C. The summed E-state index contributed by atoms with van der Waals surface area (Å²) in [6.45, 7) is 5.20. The highest BCUT2D eigenvalue weighted by atomic mass is 16.5. The number of benzene rings is 1. The van der Waals surface area contributed by atoms with Crippen molar-refractivity contribution < 1.29 is 4.74 Å². The third-order valence-electron chi connectivity index (χ3n) is 4.14. The summed E-state index contributed by atoms with van der Waals surface area (Å²) in [5, 5.41) is 0. The Hall–Kier alpha value is -1.02. The molecule has 0 aromatic heterocycles. The quantitative estimate of drug-likeness (QED) is 0.866. The van der Waals surface area contributed by atoms with Crippen molar-refractivity contribution in [1.82, 2.24) is 0 Å². The van der Waals surface area contributed by atoms with Gasteiger partial charge >= 0.3 is 0 Å². The van der Waals surface area contributed by atoms with E-state index in [0.717, 1.165) is 12.3 Å². The maximum atomic E-state index is 6.02. The predicted octanol–water partition coefficient (Wildman–Crippen LogP) is 3.20. The van der Waals surface area contributed by atoms with E-state index in [1.807, 2.05) is 0 Å². The van der Waals surface area contributed by atoms with Gasteiger partial charge in [0, 0.05) is 17.5 Å². The predicted molar refractivity (Wildman–Crippen MR) is 71.7 cm³/mol. The van der Waals surface area contributed by atoms with Crippen LogP contribution in [0.25, 0.3) is 0 Å². The Labute approximate surface area is 104 Å². The highest BCUT2D eigenvalue weighted by Gasteiger charge is 2.39. The topological polar surface area (TPSA) is 35.2 Å². The largest absolute Gasteiger partial charge is 0.496 e. The van der Waals surface area contributed by atoms with Crippen LogP contribution in [0, 0.1) is 0 Å². The summed E-state index contributed by atoms with van der Waals surface area (Å²) in [6, 6.07) is 6.39. The minimum atomic E-state index is 0.216. The second-order valence-electron chi connectivity index (χ2n) is 5.41. The first-order valence-electron chi connectivity index (χ1n) is 6.52. The molecule has 1 saturated carbocycles. The van der Waals surface area contributed by atoms with Crippen LogP contribution in [0.15, 0.2) is 18.2 Å². The molecule has 17 heavy (non-hydrogen) atoms. The van der Waals surface area contributed by atoms with Crippen LogP contribution in [0.4, 0.5) is 0 Å². The first-order valence-corrected chi connectivity index (χ1v) is 6.52. The van der Waals surface area contributed by atoms with E-state index in [0.29, 0.717) is 5.92 Å². The third kappa shape index (κ3) is 1.95. The second kappa shape index (κ2) is 4.69. The van der Waals surface area contributed by atoms with Crippen LogP contribution in [-0.4, -0.2) is 13.7 Å². The highest BCUT2D eigenvalue weighted by Crippen LogP contribution is 2.47. The van der Waals surface area contributed by atoms with E-state index in [-0.39, 0.29) is 5.41 Å². The van der Waals surface area contributed by atoms with Gasteiger partial charge in [-0.1, -0.05) is 32.4 Å². The maximum absolute atomic E-state index is 6.02. The Bertz CT molecular complexity index is 388. The summed E-state index contributed by atoms with van der Waals surface area (Å²) in [5.41, 5.74) is 9.00. The fraction of sp³-hybridized carbons (Fsp3) is 0.600. The molecule has 1 fully saturated rings. The van der Waals surface area contributed by atoms with Gasteiger partial charge in [-0.2, -0.15) is 0 Å². The number of ether oxygens (including phenoxy) is 1. The summed E-state index contributed by atoms with van der Waals surface area (Å²) in [5.74, 6) is 1.49. The van der Waals surface area contributed by atoms with E-state index in [9.17, 15) is 0 Å². The Balaban J connectivity index is 2.52. The first-order chi connectivity index (χ1) is 8.14. The molecular formula is C15H23NO. The molecule has 1 aromatic carbocycles. The van der Waals surface area contributed by atoms with E-state index >= 15 is 0 Å². The van der Waals surface area contributed by atoms with Gasteiger partial charge in [-0.3, -0.25) is 0 Å². The second-order valence-corrected chi connectivity index (χ2v) is 5.41. The summed E-state index contributed by atoms with van der Waals surface area (Å²) < 4.78 is 5.51. The maximum Gasteiger partial charge on any atom is 0.122 e. The van der Waals surface area contributed by atoms with Crippen molar-refractivity contribution in [3.63, 3.8) is 0 Å². The van der Waals surface area contributed by atoms with Crippen molar-refractivity contribution in [2.24, 2.45) is 5.73 Å². The van der Waals surface area contributed by atoms with Crippen LogP contribution < -0.4 is 10.5 Å². The van der Waals surface area contributed by atoms with Gasteiger partial charge in [-0.25, -0.2) is 0 Å². The molecule has 2 rings (SSSR count). The van der Waals surface area contributed by atoms with E-state index < -0.39 is 0 Å². The molecule has 0 amide bonds. The molecule has 0 spiro atoms. The third-order valence-corrected chi connectivity index (χ3v) is 4.14. The molecule has 0 bridgehead atoms. The fourth-order valence-corrected chi connectivity index (χ4v) is 2.97. The monoisotopic (exact) mass is 233 g/mol. The van der Waals surface area contributed by atoms with Crippen LogP contribution in [0.2, 0.25) is 0 Å². The van der Waals surface area contributed by atoms with Gasteiger partial charge in [0.05, 0.1) is 7.11 Å². The zero-order chi connectivity index (χ0) is 12.5. The molecule has 2 N–H and O–H groups in total. The van der Waals surface area contributed by atoms with Crippen LogP contribution in [0.5, 0.6) is 5.75 Å². The van der Waals surface area contributed by atoms with Gasteiger partial charge < -0.3 is 10.5 Å². The lowest BCUT2D eigenvalue weighted by Crippen LogP contribution is -2.42. The van der Waals surface area contributed by atoms with E-state index in [4.69, 9.17) is 10.5 Å². The molecule has 1 aliphatic rings. The summed E-state index contributed by atoms with van der Waals surface area (Å²) in [4.78, 5) is 0. The summed E-state index contributed by atoms with van der Waals surface area (Å²) in [6.07, 6.45) is 3.73. The van der Waals surface area contributed by atoms with Crippen LogP contribution in [-0.2, 0) is 5.41 Å². The van der Waals surface area contributed by atoms with Gasteiger partial charge in [0.25, 0.3) is 0 Å². The van der Waals surface area contributed by atoms with Gasteiger partial charge in [0.15, 0.2) is 0 Å². The van der Waals surface area contributed by atoms with Gasteiger partial charge in [-0.15, -0.1) is 0 Å². The van der Waals surface area contributed by atoms with Crippen molar-refractivity contribution >= 4 is 0 Å². The first kappa shape index (κ1) is 12.4. The fourth-order valence-electron chi connectivity index (χ4n) is 2.97. The van der Waals surface area contributed by atoms with Gasteiger partial charge in [0.2, 0.25) is 0 Å². The molecule has 1 aromatic rings. The molecule has 1 aliphatic carbocycles. The molecule has 0 radical (unpaired) electrons. The van der Waals surface area contributed by atoms with Gasteiger partial charge in [0.1, 0.15) is 5.75 Å². The van der Waals surface area contributed by atoms with E-state index in [1.165, 1.54) is 30.4 Å². The van der Waals surface area contributed by atoms with Crippen molar-refractivity contribution in [2.45, 2.75) is 44.4 Å². The number of rotatable bonds is 4. The molecule has 0 saturated heterocycles. The molecule has 0 atom stereocenters. The Morgan fingerprint density at radius 2 is 2.06 bits per heavy atom.